The Morgan fingerprint density at radius 1 is 1.69 bits per heavy atom. The minimum atomic E-state index is -0.0413. The van der Waals surface area contributed by atoms with Crippen molar-refractivity contribution in [2.75, 3.05) is 33.9 Å². The number of Topliss-reactive ketones (excluding diaryl/α,β-unsaturated/α-hetero) is 1. The summed E-state index contributed by atoms with van der Waals surface area (Å²) in [6, 6.07) is 2.12. The van der Waals surface area contributed by atoms with Crippen LogP contribution in [0, 0.1) is 17.2 Å². The third-order valence-electron chi connectivity index (χ3n) is 1.56. The van der Waals surface area contributed by atoms with Crippen LogP contribution in [0.25, 0.3) is 0 Å². The molecule has 0 aromatic rings. The number of nitriles is 1. The lowest BCUT2D eigenvalue weighted by molar-refractivity contribution is -0.123. The average Bonchev–Trinajstić information content (AvgIpc) is 2.04. The number of likely N-dealkylation sites (N-methyl/N-ethyl adjacent to an activating group) is 1. The van der Waals surface area contributed by atoms with Gasteiger partial charge >= 0.3 is 0 Å². The van der Waals surface area contributed by atoms with E-state index < -0.39 is 0 Å². The predicted octanol–water partition coefficient (Wildman–Crippen LogP) is 0.293. The molecule has 0 rings (SSSR count). The fourth-order valence-corrected chi connectivity index (χ4v) is 1.08. The monoisotopic (exact) mass is 184 g/mol. The van der Waals surface area contributed by atoms with Gasteiger partial charge in [0.05, 0.1) is 18.5 Å². The van der Waals surface area contributed by atoms with Crippen LogP contribution in [0.15, 0.2) is 0 Å². The first-order chi connectivity index (χ1) is 6.10. The third kappa shape index (κ3) is 6.26. The minimum Gasteiger partial charge on any atom is -0.377 e. The Kier molecular flexibility index (Phi) is 6.11. The van der Waals surface area contributed by atoms with Gasteiger partial charge in [0.2, 0.25) is 0 Å². The Morgan fingerprint density at radius 2 is 2.31 bits per heavy atom. The Hall–Kier alpha value is -0.920. The molecule has 0 amide bonds. The van der Waals surface area contributed by atoms with Gasteiger partial charge in [0.15, 0.2) is 5.78 Å². The quantitative estimate of drug-likeness (QED) is 0.595. The molecule has 0 radical (unpaired) electrons. The average molecular weight is 184 g/mol. The number of rotatable bonds is 6. The zero-order chi connectivity index (χ0) is 10.3. The molecule has 0 saturated carbocycles. The van der Waals surface area contributed by atoms with Crippen molar-refractivity contribution in [3.8, 4) is 6.07 Å². The molecule has 0 saturated heterocycles. The molecular weight excluding hydrogens is 168 g/mol. The van der Waals surface area contributed by atoms with Gasteiger partial charge in [0.1, 0.15) is 6.61 Å². The summed E-state index contributed by atoms with van der Waals surface area (Å²) in [6.45, 7) is 2.94. The maximum atomic E-state index is 11.1. The first kappa shape index (κ1) is 12.1. The minimum absolute atomic E-state index is 0.0372. The Morgan fingerprint density at radius 3 is 2.77 bits per heavy atom. The molecule has 0 N–H and O–H groups in total. The molecule has 4 nitrogen and oxygen atoms in total. The zero-order valence-corrected chi connectivity index (χ0v) is 8.41. The molecule has 74 valence electrons. The molecule has 0 aliphatic carbocycles. The van der Waals surface area contributed by atoms with Gasteiger partial charge < -0.3 is 4.74 Å². The third-order valence-corrected chi connectivity index (χ3v) is 1.56. The van der Waals surface area contributed by atoms with Crippen molar-refractivity contribution in [3.05, 3.63) is 0 Å². The molecule has 13 heavy (non-hydrogen) atoms. The van der Waals surface area contributed by atoms with Crippen LogP contribution in [0.1, 0.15) is 6.92 Å². The van der Waals surface area contributed by atoms with Gasteiger partial charge in [0.25, 0.3) is 0 Å². The lowest BCUT2D eigenvalue weighted by Gasteiger charge is -2.16. The zero-order valence-electron chi connectivity index (χ0n) is 8.41. The number of carbonyl (C=O) groups is 1. The van der Waals surface area contributed by atoms with E-state index >= 15 is 0 Å². The highest BCUT2D eigenvalue weighted by Gasteiger charge is 2.09. The van der Waals surface area contributed by atoms with E-state index in [0.29, 0.717) is 13.1 Å². The molecular formula is C9H16N2O2. The van der Waals surface area contributed by atoms with Crippen LogP contribution in [-0.2, 0) is 9.53 Å². The predicted molar refractivity (Wildman–Crippen MR) is 49.2 cm³/mol. The van der Waals surface area contributed by atoms with E-state index in [1.54, 1.807) is 0 Å². The van der Waals surface area contributed by atoms with Gasteiger partial charge in [-0.15, -0.1) is 0 Å². The maximum Gasteiger partial charge on any atom is 0.172 e. The smallest absolute Gasteiger partial charge is 0.172 e. The molecule has 4 heteroatoms. The van der Waals surface area contributed by atoms with Crippen molar-refractivity contribution >= 4 is 5.78 Å². The van der Waals surface area contributed by atoms with Crippen LogP contribution in [0.3, 0.4) is 0 Å². The van der Waals surface area contributed by atoms with Crippen LogP contribution in [0.4, 0.5) is 0 Å². The summed E-state index contributed by atoms with van der Waals surface area (Å²) in [7, 11) is 3.32. The summed E-state index contributed by atoms with van der Waals surface area (Å²) >= 11 is 0. The van der Waals surface area contributed by atoms with E-state index in [1.807, 2.05) is 18.9 Å². The molecule has 0 aromatic carbocycles. The summed E-state index contributed by atoms with van der Waals surface area (Å²) < 4.78 is 4.69. The fourth-order valence-electron chi connectivity index (χ4n) is 1.08. The van der Waals surface area contributed by atoms with E-state index in [9.17, 15) is 4.79 Å². The summed E-state index contributed by atoms with van der Waals surface area (Å²) in [5.41, 5.74) is 0. The van der Waals surface area contributed by atoms with Gasteiger partial charge in [0, 0.05) is 13.7 Å². The first-order valence-corrected chi connectivity index (χ1v) is 4.19. The Labute approximate surface area is 79.1 Å². The van der Waals surface area contributed by atoms with Gasteiger partial charge in [-0.25, -0.2) is 0 Å². The number of ketones is 1. The first-order valence-electron chi connectivity index (χ1n) is 4.19. The number of nitrogens with zero attached hydrogens (tertiary/aromatic N) is 2. The van der Waals surface area contributed by atoms with Crippen molar-refractivity contribution < 1.29 is 9.53 Å². The summed E-state index contributed by atoms with van der Waals surface area (Å²) in [6.07, 6.45) is 0. The highest BCUT2D eigenvalue weighted by atomic mass is 16.5. The largest absolute Gasteiger partial charge is 0.377 e. The van der Waals surface area contributed by atoms with Crippen LogP contribution in [0.5, 0.6) is 0 Å². The van der Waals surface area contributed by atoms with Crippen molar-refractivity contribution in [1.29, 1.82) is 5.26 Å². The number of methoxy groups -OCH3 is 1. The van der Waals surface area contributed by atoms with Crippen molar-refractivity contribution in [3.63, 3.8) is 0 Å². The molecule has 0 heterocycles. The van der Waals surface area contributed by atoms with Crippen LogP contribution < -0.4 is 0 Å². The van der Waals surface area contributed by atoms with Crippen LogP contribution in [-0.4, -0.2) is 44.5 Å². The maximum absolute atomic E-state index is 11.1. The van der Waals surface area contributed by atoms with E-state index in [4.69, 9.17) is 10.00 Å². The molecule has 1 unspecified atom stereocenters. The Balaban J connectivity index is 3.68. The highest BCUT2D eigenvalue weighted by Crippen LogP contribution is 1.95. The molecule has 0 aliphatic rings. The van der Waals surface area contributed by atoms with Gasteiger partial charge in [-0.05, 0) is 14.0 Å². The number of hydrogen-bond donors (Lipinski definition) is 0. The van der Waals surface area contributed by atoms with E-state index in [2.05, 4.69) is 6.07 Å². The van der Waals surface area contributed by atoms with E-state index in [-0.39, 0.29) is 18.3 Å². The SMILES string of the molecule is COCC(=O)CN(C)CC(C)C#N. The second-order valence-electron chi connectivity index (χ2n) is 3.20. The lowest BCUT2D eigenvalue weighted by atomic mass is 10.2. The normalized spacial score (nSPS) is 12.5. The molecule has 0 spiro atoms. The van der Waals surface area contributed by atoms with Gasteiger partial charge in [-0.1, -0.05) is 0 Å². The van der Waals surface area contributed by atoms with Crippen molar-refractivity contribution in [1.82, 2.24) is 4.90 Å². The lowest BCUT2D eigenvalue weighted by Crippen LogP contribution is -2.31. The second-order valence-corrected chi connectivity index (χ2v) is 3.20. The molecule has 0 aromatic heterocycles. The highest BCUT2D eigenvalue weighted by molar-refractivity contribution is 5.81. The standard InChI is InChI=1S/C9H16N2O2/c1-8(4-10)5-11(2)6-9(12)7-13-3/h8H,5-7H2,1-3H3. The van der Waals surface area contributed by atoms with Crippen LogP contribution >= 0.6 is 0 Å². The molecule has 0 fully saturated rings. The van der Waals surface area contributed by atoms with E-state index in [0.717, 1.165) is 0 Å². The van der Waals surface area contributed by atoms with Crippen molar-refractivity contribution in [2.45, 2.75) is 6.92 Å². The number of hydrogen-bond acceptors (Lipinski definition) is 4. The molecule has 0 bridgehead atoms. The second kappa shape index (κ2) is 6.58. The molecule has 0 aliphatic heterocycles. The molecule has 1 atom stereocenters. The fraction of sp³-hybridized carbons (Fsp3) is 0.778. The Bertz CT molecular complexity index is 198. The van der Waals surface area contributed by atoms with Crippen molar-refractivity contribution in [2.24, 2.45) is 5.92 Å². The summed E-state index contributed by atoms with van der Waals surface area (Å²) in [4.78, 5) is 12.9. The number of carbonyl (C=O) groups excluding carboxylic acids is 1. The topological polar surface area (TPSA) is 53.3 Å². The summed E-state index contributed by atoms with van der Waals surface area (Å²) in [5, 5.41) is 8.53. The van der Waals surface area contributed by atoms with Gasteiger partial charge in [-0.2, -0.15) is 5.26 Å². The van der Waals surface area contributed by atoms with Gasteiger partial charge in [-0.3, -0.25) is 9.69 Å². The van der Waals surface area contributed by atoms with Crippen LogP contribution in [0.2, 0.25) is 0 Å². The number of ether oxygens (including phenoxy) is 1. The summed E-state index contributed by atoms with van der Waals surface area (Å²) in [5.74, 6) is -0.00418. The van der Waals surface area contributed by atoms with E-state index in [1.165, 1.54) is 7.11 Å².